The Bertz CT molecular complexity index is 747. The minimum atomic E-state index is -4.40. The number of nitrogens with zero attached hydrogens (tertiary/aromatic N) is 1. The van der Waals surface area contributed by atoms with E-state index in [9.17, 15) is 26.4 Å². The fourth-order valence-electron chi connectivity index (χ4n) is 2.96. The molecular weight excluding hydrogens is 347 g/mol. The van der Waals surface area contributed by atoms with Crippen LogP contribution in [0, 0.1) is 5.92 Å². The van der Waals surface area contributed by atoms with Crippen LogP contribution in [0.15, 0.2) is 29.2 Å². The van der Waals surface area contributed by atoms with E-state index in [1.54, 1.807) is 0 Å². The maximum absolute atomic E-state index is 13.1. The molecule has 0 aliphatic carbocycles. The third-order valence-corrected chi connectivity index (χ3v) is 5.15. The fourth-order valence-corrected chi connectivity index (χ4v) is 3.52. The summed E-state index contributed by atoms with van der Waals surface area (Å²) in [5, 5.41) is 7.44. The molecule has 134 valence electrons. The third kappa shape index (κ3) is 3.64. The zero-order valence-electron chi connectivity index (χ0n) is 13.1. The molecule has 1 atom stereocenters. The van der Waals surface area contributed by atoms with E-state index in [2.05, 4.69) is 5.32 Å². The zero-order chi connectivity index (χ0) is 18.3. The number of carbonyl (C=O) groups excluding carboxylic acids is 1. The fraction of sp³-hybridized carbons (Fsp3) is 0.500. The van der Waals surface area contributed by atoms with Gasteiger partial charge in [0.25, 0.3) is 0 Å². The Hall–Kier alpha value is -1.81. The summed E-state index contributed by atoms with van der Waals surface area (Å²) in [5.74, 6) is -1.62. The van der Waals surface area contributed by atoms with Crippen LogP contribution in [0.25, 0.3) is 0 Å². The van der Waals surface area contributed by atoms with E-state index >= 15 is 0 Å². The number of halogens is 3. The highest BCUT2D eigenvalue weighted by molar-refractivity contribution is 7.89. The minimum absolute atomic E-state index is 0.0438. The molecule has 24 heavy (non-hydrogen) atoms. The van der Waals surface area contributed by atoms with Gasteiger partial charge >= 0.3 is 12.2 Å². The van der Waals surface area contributed by atoms with Gasteiger partial charge < -0.3 is 10.2 Å². The molecule has 2 rings (SSSR count). The van der Waals surface area contributed by atoms with E-state index < -0.39 is 33.7 Å². The quantitative estimate of drug-likeness (QED) is 0.843. The first-order chi connectivity index (χ1) is 10.8. The molecule has 6 nitrogen and oxygen atoms in total. The van der Waals surface area contributed by atoms with Crippen molar-refractivity contribution >= 4 is 21.7 Å². The number of sulfonamides is 1. The number of nitrogens with one attached hydrogen (secondary N) is 1. The largest absolute Gasteiger partial charge is 0.394 e. The number of benzene rings is 1. The van der Waals surface area contributed by atoms with Crippen molar-refractivity contribution in [3.05, 3.63) is 24.3 Å². The first kappa shape index (κ1) is 18.5. The topological polar surface area (TPSA) is 92.5 Å². The van der Waals surface area contributed by atoms with Gasteiger partial charge in [-0.1, -0.05) is 6.07 Å². The van der Waals surface area contributed by atoms with Crippen molar-refractivity contribution in [3.8, 4) is 0 Å². The van der Waals surface area contributed by atoms with Gasteiger partial charge in [0.1, 0.15) is 0 Å². The van der Waals surface area contributed by atoms with Crippen LogP contribution in [-0.4, -0.2) is 37.6 Å². The number of rotatable bonds is 2. The summed E-state index contributed by atoms with van der Waals surface area (Å²) in [4.78, 5) is 13.2. The van der Waals surface area contributed by atoms with Gasteiger partial charge in [0.15, 0.2) is 0 Å². The van der Waals surface area contributed by atoms with Crippen molar-refractivity contribution in [1.82, 2.24) is 4.90 Å². The Morgan fingerprint density at radius 3 is 2.50 bits per heavy atom. The summed E-state index contributed by atoms with van der Waals surface area (Å²) in [6.45, 7) is 2.68. The summed E-state index contributed by atoms with van der Waals surface area (Å²) in [7, 11) is -3.94. The normalized spacial score (nSPS) is 20.9. The first-order valence-electron chi connectivity index (χ1n) is 7.11. The van der Waals surface area contributed by atoms with Crippen LogP contribution in [0.4, 0.5) is 23.7 Å². The second-order valence-electron chi connectivity index (χ2n) is 6.19. The lowest BCUT2D eigenvalue weighted by atomic mass is 9.88. The average Bonchev–Trinajstić information content (AvgIpc) is 2.73. The lowest BCUT2D eigenvalue weighted by molar-refractivity contribution is -0.189. The molecule has 1 aliphatic heterocycles. The number of anilines is 1. The summed E-state index contributed by atoms with van der Waals surface area (Å²) in [5.41, 5.74) is -1.27. The SMILES string of the molecule is CC1(C)C(C(F)(F)F)CCN1C(=O)Nc1cccc(S(N)(=O)=O)c1. The zero-order valence-corrected chi connectivity index (χ0v) is 13.9. The van der Waals surface area contributed by atoms with Gasteiger partial charge in [-0.15, -0.1) is 0 Å². The van der Waals surface area contributed by atoms with E-state index in [-0.39, 0.29) is 23.5 Å². The summed E-state index contributed by atoms with van der Waals surface area (Å²) in [6.07, 6.45) is -4.58. The van der Waals surface area contributed by atoms with Crippen LogP contribution >= 0.6 is 0 Å². The first-order valence-corrected chi connectivity index (χ1v) is 8.66. The van der Waals surface area contributed by atoms with Gasteiger partial charge in [0.05, 0.1) is 16.4 Å². The molecule has 1 unspecified atom stereocenters. The molecule has 0 aromatic heterocycles. The molecule has 0 radical (unpaired) electrons. The average molecular weight is 365 g/mol. The van der Waals surface area contributed by atoms with Gasteiger partial charge in [0.2, 0.25) is 10.0 Å². The van der Waals surface area contributed by atoms with Crippen LogP contribution in [0.1, 0.15) is 20.3 Å². The van der Waals surface area contributed by atoms with Gasteiger partial charge in [0, 0.05) is 12.2 Å². The van der Waals surface area contributed by atoms with Gasteiger partial charge in [-0.3, -0.25) is 0 Å². The molecule has 1 saturated heterocycles. The Morgan fingerprint density at radius 1 is 1.38 bits per heavy atom. The van der Waals surface area contributed by atoms with Crippen molar-refractivity contribution in [2.75, 3.05) is 11.9 Å². The number of alkyl halides is 3. The molecule has 10 heteroatoms. The van der Waals surface area contributed by atoms with Crippen molar-refractivity contribution in [2.45, 2.75) is 36.9 Å². The van der Waals surface area contributed by atoms with Crippen molar-refractivity contribution < 1.29 is 26.4 Å². The maximum atomic E-state index is 13.1. The van der Waals surface area contributed by atoms with Crippen LogP contribution in [0.5, 0.6) is 0 Å². The predicted molar refractivity (Wildman–Crippen MR) is 81.8 cm³/mol. The molecule has 3 N–H and O–H groups in total. The minimum Gasteiger partial charge on any atom is -0.319 e. The monoisotopic (exact) mass is 365 g/mol. The summed E-state index contributed by atoms with van der Waals surface area (Å²) >= 11 is 0. The van der Waals surface area contributed by atoms with Crippen molar-refractivity contribution in [1.29, 1.82) is 0 Å². The summed E-state index contributed by atoms with van der Waals surface area (Å²) in [6, 6.07) is 4.49. The van der Waals surface area contributed by atoms with E-state index in [0.717, 1.165) is 11.0 Å². The second kappa shape index (κ2) is 5.92. The van der Waals surface area contributed by atoms with Gasteiger partial charge in [-0.25, -0.2) is 18.4 Å². The van der Waals surface area contributed by atoms with E-state index in [4.69, 9.17) is 5.14 Å². The number of nitrogens with two attached hydrogens (primary N) is 1. The Labute approximate surface area is 137 Å². The highest BCUT2D eigenvalue weighted by atomic mass is 32.2. The van der Waals surface area contributed by atoms with E-state index in [1.165, 1.54) is 32.0 Å². The van der Waals surface area contributed by atoms with Gasteiger partial charge in [-0.2, -0.15) is 13.2 Å². The number of hydrogen-bond acceptors (Lipinski definition) is 3. The van der Waals surface area contributed by atoms with Crippen molar-refractivity contribution in [3.63, 3.8) is 0 Å². The standard InChI is InChI=1S/C14H18F3N3O3S/c1-13(2)11(14(15,16)17)6-7-20(13)12(21)19-9-4-3-5-10(8-9)24(18,22)23/h3-5,8,11H,6-7H2,1-2H3,(H,19,21)(H2,18,22,23). The van der Waals surface area contributed by atoms with Crippen LogP contribution in [-0.2, 0) is 10.0 Å². The number of hydrogen-bond donors (Lipinski definition) is 2. The molecule has 2 amide bonds. The van der Waals surface area contributed by atoms with E-state index in [0.29, 0.717) is 0 Å². The molecule has 0 bridgehead atoms. The van der Waals surface area contributed by atoms with Gasteiger partial charge in [-0.05, 0) is 38.5 Å². The number of amides is 2. The Balaban J connectivity index is 2.20. The Morgan fingerprint density at radius 2 is 2.00 bits per heavy atom. The van der Waals surface area contributed by atoms with Crippen LogP contribution in [0.3, 0.4) is 0 Å². The molecule has 1 heterocycles. The van der Waals surface area contributed by atoms with E-state index in [1.807, 2.05) is 0 Å². The summed E-state index contributed by atoms with van der Waals surface area (Å²) < 4.78 is 61.8. The lowest BCUT2D eigenvalue weighted by Gasteiger charge is -2.36. The second-order valence-corrected chi connectivity index (χ2v) is 7.75. The number of primary sulfonamides is 1. The highest BCUT2D eigenvalue weighted by Crippen LogP contribution is 2.44. The van der Waals surface area contributed by atoms with Crippen LogP contribution in [0.2, 0.25) is 0 Å². The number of likely N-dealkylation sites (tertiary alicyclic amines) is 1. The predicted octanol–water partition coefficient (Wildman–Crippen LogP) is 2.53. The smallest absolute Gasteiger partial charge is 0.319 e. The highest BCUT2D eigenvalue weighted by Gasteiger charge is 2.56. The molecule has 0 spiro atoms. The molecule has 1 fully saturated rings. The lowest BCUT2D eigenvalue weighted by Crippen LogP contribution is -2.51. The molecular formula is C14H18F3N3O3S. The molecule has 0 saturated carbocycles. The number of urea groups is 1. The molecule has 1 aromatic carbocycles. The molecule has 1 aliphatic rings. The van der Waals surface area contributed by atoms with Crippen LogP contribution < -0.4 is 10.5 Å². The number of carbonyl (C=O) groups is 1. The third-order valence-electron chi connectivity index (χ3n) is 4.24. The molecule has 1 aromatic rings. The Kier molecular flexibility index (Phi) is 4.57. The van der Waals surface area contributed by atoms with Crippen molar-refractivity contribution in [2.24, 2.45) is 11.1 Å². The maximum Gasteiger partial charge on any atom is 0.394 e.